The number of fused-ring (bicyclic) bond motifs is 1. The lowest BCUT2D eigenvalue weighted by Gasteiger charge is -2.25. The highest BCUT2D eigenvalue weighted by atomic mass is 32.2. The lowest BCUT2D eigenvalue weighted by Crippen LogP contribution is -2.31. The second kappa shape index (κ2) is 6.06. The molecule has 19 heavy (non-hydrogen) atoms. The van der Waals surface area contributed by atoms with Gasteiger partial charge in [0.2, 0.25) is 0 Å². The Bertz CT molecular complexity index is 444. The highest BCUT2D eigenvalue weighted by Crippen LogP contribution is 2.37. The summed E-state index contributed by atoms with van der Waals surface area (Å²) in [6.07, 6.45) is 5.90. The molecule has 3 rings (SSSR count). The van der Waals surface area contributed by atoms with Gasteiger partial charge in [-0.1, -0.05) is 0 Å². The molecule has 104 valence electrons. The first-order valence-corrected chi connectivity index (χ1v) is 8.26. The second-order valence-electron chi connectivity index (χ2n) is 5.22. The SMILES string of the molecule is CSc1cc2c(cc1CC1CCCNC1)OCCO2. The van der Waals surface area contributed by atoms with Crippen molar-refractivity contribution in [1.82, 2.24) is 5.32 Å². The maximum Gasteiger partial charge on any atom is 0.162 e. The molecule has 0 aliphatic carbocycles. The number of piperidine rings is 1. The Hall–Kier alpha value is -0.870. The van der Waals surface area contributed by atoms with Crippen LogP contribution in [0.3, 0.4) is 0 Å². The van der Waals surface area contributed by atoms with Gasteiger partial charge in [-0.3, -0.25) is 0 Å². The third-order valence-electron chi connectivity index (χ3n) is 3.85. The molecule has 1 atom stereocenters. The van der Waals surface area contributed by atoms with E-state index in [1.807, 2.05) is 0 Å². The Balaban J connectivity index is 1.82. The van der Waals surface area contributed by atoms with E-state index in [1.54, 1.807) is 11.8 Å². The second-order valence-corrected chi connectivity index (χ2v) is 6.07. The van der Waals surface area contributed by atoms with E-state index in [1.165, 1.54) is 29.8 Å². The fourth-order valence-corrected chi connectivity index (χ4v) is 3.50. The van der Waals surface area contributed by atoms with Gasteiger partial charge in [-0.25, -0.2) is 0 Å². The zero-order valence-electron chi connectivity index (χ0n) is 11.4. The van der Waals surface area contributed by atoms with E-state index >= 15 is 0 Å². The van der Waals surface area contributed by atoms with Crippen molar-refractivity contribution in [2.75, 3.05) is 32.6 Å². The molecule has 2 aliphatic rings. The predicted molar refractivity (Wildman–Crippen MR) is 78.5 cm³/mol. The van der Waals surface area contributed by atoms with Crippen molar-refractivity contribution >= 4 is 11.8 Å². The Labute approximate surface area is 119 Å². The van der Waals surface area contributed by atoms with Crippen molar-refractivity contribution in [3.8, 4) is 11.5 Å². The molecule has 2 aliphatic heterocycles. The van der Waals surface area contributed by atoms with E-state index in [2.05, 4.69) is 23.7 Å². The highest BCUT2D eigenvalue weighted by Gasteiger charge is 2.19. The van der Waals surface area contributed by atoms with Crippen molar-refractivity contribution in [1.29, 1.82) is 0 Å². The summed E-state index contributed by atoms with van der Waals surface area (Å²) >= 11 is 1.80. The Kier molecular flexibility index (Phi) is 4.18. The van der Waals surface area contributed by atoms with Crippen LogP contribution in [0.25, 0.3) is 0 Å². The number of thioether (sulfide) groups is 1. The van der Waals surface area contributed by atoms with Gasteiger partial charge < -0.3 is 14.8 Å². The molecule has 0 amide bonds. The van der Waals surface area contributed by atoms with E-state index in [0.29, 0.717) is 13.2 Å². The minimum Gasteiger partial charge on any atom is -0.486 e. The summed E-state index contributed by atoms with van der Waals surface area (Å²) in [6.45, 7) is 3.64. The van der Waals surface area contributed by atoms with Gasteiger partial charge >= 0.3 is 0 Å². The smallest absolute Gasteiger partial charge is 0.162 e. The van der Waals surface area contributed by atoms with Crippen LogP contribution < -0.4 is 14.8 Å². The lowest BCUT2D eigenvalue weighted by atomic mass is 9.92. The number of ether oxygens (including phenoxy) is 2. The minimum absolute atomic E-state index is 0.659. The van der Waals surface area contributed by atoms with Crippen molar-refractivity contribution in [2.24, 2.45) is 5.92 Å². The Morgan fingerprint density at radius 3 is 2.74 bits per heavy atom. The van der Waals surface area contributed by atoms with Crippen molar-refractivity contribution < 1.29 is 9.47 Å². The predicted octanol–water partition coefficient (Wildman–Crippen LogP) is 2.72. The molecule has 1 saturated heterocycles. The van der Waals surface area contributed by atoms with E-state index in [4.69, 9.17) is 9.47 Å². The quantitative estimate of drug-likeness (QED) is 0.862. The van der Waals surface area contributed by atoms with Crippen LogP contribution in [0.15, 0.2) is 17.0 Å². The maximum atomic E-state index is 5.70. The first-order valence-electron chi connectivity index (χ1n) is 7.04. The molecule has 1 aromatic carbocycles. The molecule has 1 aromatic rings. The van der Waals surface area contributed by atoms with E-state index in [-0.39, 0.29) is 0 Å². The Morgan fingerprint density at radius 1 is 1.26 bits per heavy atom. The average molecular weight is 279 g/mol. The first-order chi connectivity index (χ1) is 9.36. The van der Waals surface area contributed by atoms with Crippen LogP contribution in [0.4, 0.5) is 0 Å². The van der Waals surface area contributed by atoms with Gasteiger partial charge in [0, 0.05) is 4.90 Å². The van der Waals surface area contributed by atoms with Gasteiger partial charge in [0.15, 0.2) is 11.5 Å². The number of nitrogens with one attached hydrogen (secondary N) is 1. The molecule has 3 nitrogen and oxygen atoms in total. The van der Waals surface area contributed by atoms with Crippen LogP contribution in [-0.4, -0.2) is 32.6 Å². The van der Waals surface area contributed by atoms with Gasteiger partial charge in [0.05, 0.1) is 0 Å². The van der Waals surface area contributed by atoms with Gasteiger partial charge in [0.1, 0.15) is 13.2 Å². The molecule has 4 heteroatoms. The molecule has 0 aromatic heterocycles. The topological polar surface area (TPSA) is 30.5 Å². The molecule has 2 heterocycles. The summed E-state index contributed by atoms with van der Waals surface area (Å²) in [6, 6.07) is 4.33. The van der Waals surface area contributed by atoms with Crippen LogP contribution >= 0.6 is 11.8 Å². The van der Waals surface area contributed by atoms with Gasteiger partial charge in [-0.15, -0.1) is 11.8 Å². The van der Waals surface area contributed by atoms with Crippen LogP contribution in [0.1, 0.15) is 18.4 Å². The van der Waals surface area contributed by atoms with Crippen molar-refractivity contribution in [3.63, 3.8) is 0 Å². The molecule has 0 saturated carbocycles. The molecular weight excluding hydrogens is 258 g/mol. The minimum atomic E-state index is 0.659. The van der Waals surface area contributed by atoms with Crippen LogP contribution in [0.5, 0.6) is 11.5 Å². The zero-order chi connectivity index (χ0) is 13.1. The number of rotatable bonds is 3. The molecule has 0 bridgehead atoms. The van der Waals surface area contributed by atoms with Gasteiger partial charge in [-0.05, 0) is 62.2 Å². The van der Waals surface area contributed by atoms with Crippen molar-refractivity contribution in [2.45, 2.75) is 24.2 Å². The summed E-state index contributed by atoms with van der Waals surface area (Å²) in [5.74, 6) is 2.58. The van der Waals surface area contributed by atoms with Crippen LogP contribution in [-0.2, 0) is 6.42 Å². The fourth-order valence-electron chi connectivity index (χ4n) is 2.87. The molecule has 0 spiro atoms. The highest BCUT2D eigenvalue weighted by molar-refractivity contribution is 7.98. The van der Waals surface area contributed by atoms with E-state index < -0.39 is 0 Å². The molecule has 1 N–H and O–H groups in total. The molecule has 0 radical (unpaired) electrons. The van der Waals surface area contributed by atoms with E-state index in [9.17, 15) is 0 Å². The first kappa shape index (κ1) is 13.1. The monoisotopic (exact) mass is 279 g/mol. The summed E-state index contributed by atoms with van der Waals surface area (Å²) < 4.78 is 11.4. The molecule has 1 unspecified atom stereocenters. The van der Waals surface area contributed by atoms with Gasteiger partial charge in [-0.2, -0.15) is 0 Å². The summed E-state index contributed by atoms with van der Waals surface area (Å²) in [5, 5.41) is 3.49. The lowest BCUT2D eigenvalue weighted by molar-refractivity contribution is 0.170. The van der Waals surface area contributed by atoms with Gasteiger partial charge in [0.25, 0.3) is 0 Å². The summed E-state index contributed by atoms with van der Waals surface area (Å²) in [7, 11) is 0. The standard InChI is InChI=1S/C15H21NO2S/c1-19-15-9-14-13(17-5-6-18-14)8-12(15)7-11-3-2-4-16-10-11/h8-9,11,16H,2-7,10H2,1H3. The van der Waals surface area contributed by atoms with Crippen LogP contribution in [0, 0.1) is 5.92 Å². The third kappa shape index (κ3) is 3.00. The van der Waals surface area contributed by atoms with E-state index in [0.717, 1.165) is 30.4 Å². The summed E-state index contributed by atoms with van der Waals surface area (Å²) in [4.78, 5) is 1.33. The zero-order valence-corrected chi connectivity index (χ0v) is 12.2. The van der Waals surface area contributed by atoms with Crippen LogP contribution in [0.2, 0.25) is 0 Å². The molecular formula is C15H21NO2S. The number of hydrogen-bond acceptors (Lipinski definition) is 4. The largest absolute Gasteiger partial charge is 0.486 e. The third-order valence-corrected chi connectivity index (χ3v) is 4.67. The molecule has 1 fully saturated rings. The fraction of sp³-hybridized carbons (Fsp3) is 0.600. The summed E-state index contributed by atoms with van der Waals surface area (Å²) in [5.41, 5.74) is 1.41. The average Bonchev–Trinajstić information content (AvgIpc) is 2.47. The maximum absolute atomic E-state index is 5.70. The number of benzene rings is 1. The normalized spacial score (nSPS) is 22.3. The number of hydrogen-bond donors (Lipinski definition) is 1. The van der Waals surface area contributed by atoms with Crippen molar-refractivity contribution in [3.05, 3.63) is 17.7 Å². The Morgan fingerprint density at radius 2 is 2.05 bits per heavy atom.